The van der Waals surface area contributed by atoms with E-state index in [9.17, 15) is 23.1 Å². The topological polar surface area (TPSA) is 107 Å². The molecule has 1 amide bonds. The van der Waals surface area contributed by atoms with Crippen LogP contribution in [0.4, 0.5) is 5.69 Å². The van der Waals surface area contributed by atoms with E-state index >= 15 is 0 Å². The third kappa shape index (κ3) is 5.50. The fourth-order valence-corrected chi connectivity index (χ4v) is 4.87. The third-order valence-electron chi connectivity index (χ3n) is 5.24. The highest BCUT2D eigenvalue weighted by Crippen LogP contribution is 2.29. The van der Waals surface area contributed by atoms with Gasteiger partial charge in [-0.2, -0.15) is 0 Å². The highest BCUT2D eigenvalue weighted by molar-refractivity contribution is 7.92. The van der Waals surface area contributed by atoms with E-state index in [2.05, 4.69) is 4.72 Å². The van der Waals surface area contributed by atoms with Crippen LogP contribution in [0.1, 0.15) is 27.1 Å². The molecule has 2 N–H and O–H groups in total. The van der Waals surface area contributed by atoms with Crippen LogP contribution in [0.3, 0.4) is 0 Å². The van der Waals surface area contributed by atoms with Crippen LogP contribution in [0, 0.1) is 0 Å². The molecule has 0 atom stereocenters. The lowest BCUT2D eigenvalue weighted by molar-refractivity contribution is 0.0699. The number of nitrogens with one attached hydrogen (secondary N) is 1. The molecule has 0 saturated heterocycles. The minimum absolute atomic E-state index is 0.0232. The Kier molecular flexibility index (Phi) is 7.35. The Morgan fingerprint density at radius 3 is 2.27 bits per heavy atom. The summed E-state index contributed by atoms with van der Waals surface area (Å²) in [4.78, 5) is 28.3. The number of nitrogens with zero attached hydrogens (tertiary/aromatic N) is 2. The maximum absolute atomic E-state index is 13.3. The Morgan fingerprint density at radius 1 is 0.909 bits per heavy atom. The van der Waals surface area contributed by atoms with Gasteiger partial charge in [-0.15, -0.1) is 0 Å². The SMILES string of the molecule is CN(C)CCCN(C)C(=O)c1ccccc1S(=O)(=O)Nc1ccc2ccccc2c1C(=O)O. The summed E-state index contributed by atoms with van der Waals surface area (Å²) in [7, 11) is 1.25. The minimum Gasteiger partial charge on any atom is -0.478 e. The average molecular weight is 470 g/mol. The standard InChI is InChI=1S/C24H27N3O5S/c1-26(2)15-8-16-27(3)23(28)19-11-6-7-12-21(19)33(31,32)25-20-14-13-17-9-4-5-10-18(17)22(20)24(29)30/h4-7,9-14,25H,8,15-16H2,1-3H3,(H,29,30). The largest absolute Gasteiger partial charge is 0.478 e. The van der Waals surface area contributed by atoms with Gasteiger partial charge in [0, 0.05) is 13.6 Å². The summed E-state index contributed by atoms with van der Waals surface area (Å²) in [6, 6.07) is 15.8. The highest BCUT2D eigenvalue weighted by atomic mass is 32.2. The summed E-state index contributed by atoms with van der Waals surface area (Å²) in [5, 5.41) is 10.9. The summed E-state index contributed by atoms with van der Waals surface area (Å²) in [6.45, 7) is 1.26. The molecule has 3 aromatic carbocycles. The van der Waals surface area contributed by atoms with Crippen LogP contribution in [0.2, 0.25) is 0 Å². The Bertz CT molecular complexity index is 1290. The van der Waals surface area contributed by atoms with Gasteiger partial charge in [-0.05, 0) is 56.0 Å². The Hall–Kier alpha value is -3.43. The molecule has 33 heavy (non-hydrogen) atoms. The number of aromatic carboxylic acids is 1. The van der Waals surface area contributed by atoms with E-state index < -0.39 is 21.9 Å². The molecule has 0 aliphatic rings. The third-order valence-corrected chi connectivity index (χ3v) is 6.66. The summed E-state index contributed by atoms with van der Waals surface area (Å²) in [5.41, 5.74) is -0.195. The first-order valence-electron chi connectivity index (χ1n) is 10.4. The molecule has 0 aromatic heterocycles. The van der Waals surface area contributed by atoms with E-state index in [-0.39, 0.29) is 21.7 Å². The smallest absolute Gasteiger partial charge is 0.338 e. The Labute approximate surface area is 193 Å². The fraction of sp³-hybridized carbons (Fsp3) is 0.250. The lowest BCUT2D eigenvalue weighted by atomic mass is 10.0. The van der Waals surface area contributed by atoms with Gasteiger partial charge in [0.2, 0.25) is 0 Å². The summed E-state index contributed by atoms with van der Waals surface area (Å²) >= 11 is 0. The molecule has 0 saturated carbocycles. The van der Waals surface area contributed by atoms with Gasteiger partial charge in [-0.3, -0.25) is 9.52 Å². The van der Waals surface area contributed by atoms with Crippen molar-refractivity contribution in [2.75, 3.05) is 39.0 Å². The first-order chi connectivity index (χ1) is 15.6. The van der Waals surface area contributed by atoms with Gasteiger partial charge in [-0.25, -0.2) is 13.2 Å². The number of carboxylic acid groups (broad SMARTS) is 1. The van der Waals surface area contributed by atoms with Crippen molar-refractivity contribution in [3.63, 3.8) is 0 Å². The zero-order valence-corrected chi connectivity index (χ0v) is 19.6. The van der Waals surface area contributed by atoms with Gasteiger partial charge in [0.05, 0.1) is 16.8 Å². The van der Waals surface area contributed by atoms with Gasteiger partial charge in [0.25, 0.3) is 15.9 Å². The van der Waals surface area contributed by atoms with E-state index in [0.717, 1.165) is 13.0 Å². The molecular weight excluding hydrogens is 442 g/mol. The molecule has 3 rings (SSSR count). The number of carbonyl (C=O) groups is 2. The first-order valence-corrected chi connectivity index (χ1v) is 11.9. The number of benzene rings is 3. The normalized spacial score (nSPS) is 11.5. The second-order valence-electron chi connectivity index (χ2n) is 8.00. The van der Waals surface area contributed by atoms with Crippen LogP contribution >= 0.6 is 0 Å². The fourth-order valence-electron chi connectivity index (χ4n) is 3.60. The van der Waals surface area contributed by atoms with E-state index in [4.69, 9.17) is 0 Å². The lowest BCUT2D eigenvalue weighted by Gasteiger charge is -2.20. The van der Waals surface area contributed by atoms with Crippen LogP contribution < -0.4 is 4.72 Å². The quantitative estimate of drug-likeness (QED) is 0.498. The predicted octanol–water partition coefficient (Wildman–Crippen LogP) is 3.36. The van der Waals surface area contributed by atoms with Crippen molar-refractivity contribution in [2.24, 2.45) is 0 Å². The van der Waals surface area contributed by atoms with Crippen molar-refractivity contribution in [1.82, 2.24) is 9.80 Å². The second kappa shape index (κ2) is 10.0. The molecular formula is C24H27N3O5S. The average Bonchev–Trinajstić information content (AvgIpc) is 2.77. The van der Waals surface area contributed by atoms with Gasteiger partial charge in [-0.1, -0.05) is 42.5 Å². The van der Waals surface area contributed by atoms with Crippen LogP contribution in [0.15, 0.2) is 65.6 Å². The number of carbonyl (C=O) groups excluding carboxylic acids is 1. The molecule has 0 heterocycles. The summed E-state index contributed by atoms with van der Waals surface area (Å²) in [5.74, 6) is -1.68. The molecule has 9 heteroatoms. The first kappa shape index (κ1) is 24.2. The number of amides is 1. The molecule has 174 valence electrons. The van der Waals surface area contributed by atoms with Crippen molar-refractivity contribution >= 4 is 38.4 Å². The van der Waals surface area contributed by atoms with Gasteiger partial charge < -0.3 is 14.9 Å². The number of sulfonamides is 1. The van der Waals surface area contributed by atoms with E-state index in [1.165, 1.54) is 29.2 Å². The van der Waals surface area contributed by atoms with Crippen molar-refractivity contribution in [2.45, 2.75) is 11.3 Å². The summed E-state index contributed by atoms with van der Waals surface area (Å²) in [6.07, 6.45) is 0.738. The van der Waals surface area contributed by atoms with Gasteiger partial charge in [0.15, 0.2) is 0 Å². The number of anilines is 1. The predicted molar refractivity (Wildman–Crippen MR) is 128 cm³/mol. The van der Waals surface area contributed by atoms with E-state index in [0.29, 0.717) is 17.3 Å². The van der Waals surface area contributed by atoms with Gasteiger partial charge in [0.1, 0.15) is 4.90 Å². The molecule has 3 aromatic rings. The molecule has 8 nitrogen and oxygen atoms in total. The number of carboxylic acids is 1. The van der Waals surface area contributed by atoms with E-state index in [1.807, 2.05) is 19.0 Å². The number of fused-ring (bicyclic) bond motifs is 1. The van der Waals surface area contributed by atoms with Crippen molar-refractivity contribution in [3.8, 4) is 0 Å². The maximum Gasteiger partial charge on any atom is 0.338 e. The number of hydrogen-bond donors (Lipinski definition) is 2. The van der Waals surface area contributed by atoms with E-state index in [1.54, 1.807) is 43.4 Å². The minimum atomic E-state index is -4.25. The molecule has 0 aliphatic carbocycles. The van der Waals surface area contributed by atoms with Crippen LogP contribution in [0.25, 0.3) is 10.8 Å². The molecule has 0 radical (unpaired) electrons. The molecule has 0 unspecified atom stereocenters. The van der Waals surface area contributed by atoms with Crippen LogP contribution in [-0.2, 0) is 10.0 Å². The Morgan fingerprint density at radius 2 is 1.58 bits per heavy atom. The van der Waals surface area contributed by atoms with Crippen molar-refractivity contribution in [1.29, 1.82) is 0 Å². The molecule has 0 bridgehead atoms. The van der Waals surface area contributed by atoms with Crippen molar-refractivity contribution < 1.29 is 23.1 Å². The number of rotatable bonds is 9. The zero-order chi connectivity index (χ0) is 24.2. The highest BCUT2D eigenvalue weighted by Gasteiger charge is 2.26. The zero-order valence-electron chi connectivity index (χ0n) is 18.8. The summed E-state index contributed by atoms with van der Waals surface area (Å²) < 4.78 is 28.9. The molecule has 0 aliphatic heterocycles. The monoisotopic (exact) mass is 469 g/mol. The second-order valence-corrected chi connectivity index (χ2v) is 9.65. The Balaban J connectivity index is 1.96. The van der Waals surface area contributed by atoms with Gasteiger partial charge >= 0.3 is 5.97 Å². The van der Waals surface area contributed by atoms with Crippen LogP contribution in [0.5, 0.6) is 0 Å². The number of hydrogen-bond acceptors (Lipinski definition) is 5. The maximum atomic E-state index is 13.3. The molecule has 0 spiro atoms. The van der Waals surface area contributed by atoms with Crippen LogP contribution in [-0.4, -0.2) is 69.4 Å². The van der Waals surface area contributed by atoms with Crippen molar-refractivity contribution in [3.05, 3.63) is 71.8 Å². The lowest BCUT2D eigenvalue weighted by Crippen LogP contribution is -2.31. The molecule has 0 fully saturated rings.